The van der Waals surface area contributed by atoms with E-state index in [1.165, 1.54) is 0 Å². The summed E-state index contributed by atoms with van der Waals surface area (Å²) in [5.41, 5.74) is 0. The predicted molar refractivity (Wildman–Crippen MR) is 38.2 cm³/mol. The molecule has 1 rings (SSSR count). The smallest absolute Gasteiger partial charge is 0.320 e. The van der Waals surface area contributed by atoms with E-state index in [0.29, 0.717) is 13.0 Å². The summed E-state index contributed by atoms with van der Waals surface area (Å²) in [7, 11) is 0. The maximum Gasteiger partial charge on any atom is 0.320 e. The summed E-state index contributed by atoms with van der Waals surface area (Å²) in [6, 6.07) is -0.546. The van der Waals surface area contributed by atoms with Crippen molar-refractivity contribution in [2.75, 3.05) is 13.1 Å². The highest BCUT2D eigenvalue weighted by atomic mass is 19.1. The molecule has 0 saturated carbocycles. The number of hydrogen-bond donors (Lipinski definition) is 1. The Hall–Kier alpha value is -0.640. The minimum atomic E-state index is -0.876. The molecule has 1 heterocycles. The lowest BCUT2D eigenvalue weighted by molar-refractivity contribution is -0.142. The summed E-state index contributed by atoms with van der Waals surface area (Å²) >= 11 is 0. The number of carboxylic acids is 1. The van der Waals surface area contributed by atoms with Crippen LogP contribution in [-0.2, 0) is 4.79 Å². The fourth-order valence-electron chi connectivity index (χ4n) is 1.25. The monoisotopic (exact) mass is 161 g/mol. The van der Waals surface area contributed by atoms with E-state index in [0.717, 1.165) is 0 Å². The number of halogens is 1. The molecule has 11 heavy (non-hydrogen) atoms. The lowest BCUT2D eigenvalue weighted by atomic mass is 10.3. The van der Waals surface area contributed by atoms with E-state index < -0.39 is 18.2 Å². The molecular formula is C7H12FNO2. The predicted octanol–water partition coefficient (Wildman–Crippen LogP) is 0.503. The van der Waals surface area contributed by atoms with E-state index >= 15 is 0 Å². The molecule has 0 amide bonds. The van der Waals surface area contributed by atoms with Crippen molar-refractivity contribution in [3.05, 3.63) is 0 Å². The van der Waals surface area contributed by atoms with Crippen LogP contribution in [0.5, 0.6) is 0 Å². The van der Waals surface area contributed by atoms with Gasteiger partial charge in [-0.3, -0.25) is 9.69 Å². The van der Waals surface area contributed by atoms with Gasteiger partial charge in [0.05, 0.1) is 0 Å². The maximum atomic E-state index is 12.6. The lowest BCUT2D eigenvalue weighted by Crippen LogP contribution is -2.37. The van der Waals surface area contributed by atoms with Crippen LogP contribution in [0.15, 0.2) is 0 Å². The van der Waals surface area contributed by atoms with Gasteiger partial charge >= 0.3 is 5.97 Å². The molecular weight excluding hydrogens is 149 g/mol. The average molecular weight is 161 g/mol. The third-order valence-electron chi connectivity index (χ3n) is 2.07. The number of carbonyl (C=O) groups is 1. The molecule has 4 heteroatoms. The Morgan fingerprint density at radius 2 is 2.45 bits per heavy atom. The molecule has 2 atom stereocenters. The van der Waals surface area contributed by atoms with Crippen LogP contribution in [0.2, 0.25) is 0 Å². The third kappa shape index (κ3) is 1.89. The molecule has 64 valence electrons. The van der Waals surface area contributed by atoms with Crippen LogP contribution in [0.4, 0.5) is 4.39 Å². The highest BCUT2D eigenvalue weighted by Crippen LogP contribution is 2.14. The zero-order valence-corrected chi connectivity index (χ0v) is 6.46. The Morgan fingerprint density at radius 3 is 2.82 bits per heavy atom. The normalized spacial score (nSPS) is 28.7. The zero-order valence-electron chi connectivity index (χ0n) is 6.46. The van der Waals surface area contributed by atoms with Crippen LogP contribution in [0.3, 0.4) is 0 Å². The molecule has 0 aromatic carbocycles. The van der Waals surface area contributed by atoms with Gasteiger partial charge in [-0.2, -0.15) is 0 Å². The number of alkyl halides is 1. The van der Waals surface area contributed by atoms with Gasteiger partial charge in [-0.1, -0.05) is 0 Å². The summed E-state index contributed by atoms with van der Waals surface area (Å²) in [5, 5.41) is 8.56. The second-order valence-corrected chi connectivity index (χ2v) is 2.90. The number of nitrogens with zero attached hydrogens (tertiary/aromatic N) is 1. The van der Waals surface area contributed by atoms with Gasteiger partial charge in [0.25, 0.3) is 0 Å². The molecule has 3 nitrogen and oxygen atoms in total. The van der Waals surface area contributed by atoms with E-state index in [4.69, 9.17) is 5.11 Å². The molecule has 2 unspecified atom stereocenters. The van der Waals surface area contributed by atoms with Crippen LogP contribution in [0.1, 0.15) is 13.3 Å². The Kier molecular flexibility index (Phi) is 2.44. The van der Waals surface area contributed by atoms with E-state index in [2.05, 4.69) is 0 Å². The number of hydrogen-bond acceptors (Lipinski definition) is 2. The Balaban J connectivity index is 2.43. The molecule has 1 aliphatic rings. The van der Waals surface area contributed by atoms with Gasteiger partial charge in [0.2, 0.25) is 0 Å². The standard InChI is InChI=1S/C7H12FNO2/c1-5(7(10)11)9-3-2-6(8)4-9/h5-6H,2-4H2,1H3,(H,10,11). The van der Waals surface area contributed by atoms with Crippen molar-refractivity contribution >= 4 is 5.97 Å². The molecule has 0 bridgehead atoms. The molecule has 0 aromatic heterocycles. The Labute approximate surface area is 64.8 Å². The van der Waals surface area contributed by atoms with Gasteiger partial charge in [0, 0.05) is 13.1 Å². The minimum absolute atomic E-state index is 0.271. The first kappa shape index (κ1) is 8.46. The molecule has 1 fully saturated rings. The van der Waals surface area contributed by atoms with Crippen molar-refractivity contribution in [1.29, 1.82) is 0 Å². The summed E-state index contributed by atoms with van der Waals surface area (Å²) in [4.78, 5) is 12.1. The van der Waals surface area contributed by atoms with Crippen molar-refractivity contribution in [1.82, 2.24) is 4.90 Å². The maximum absolute atomic E-state index is 12.6. The summed E-state index contributed by atoms with van der Waals surface area (Å²) in [5.74, 6) is -0.876. The second kappa shape index (κ2) is 3.17. The molecule has 1 N–H and O–H groups in total. The largest absolute Gasteiger partial charge is 0.480 e. The quantitative estimate of drug-likeness (QED) is 0.641. The topological polar surface area (TPSA) is 40.5 Å². The number of aliphatic carboxylic acids is 1. The van der Waals surface area contributed by atoms with Gasteiger partial charge < -0.3 is 5.11 Å². The highest BCUT2D eigenvalue weighted by molar-refractivity contribution is 5.72. The van der Waals surface area contributed by atoms with Crippen LogP contribution in [-0.4, -0.2) is 41.3 Å². The van der Waals surface area contributed by atoms with E-state index in [1.54, 1.807) is 11.8 Å². The molecule has 1 saturated heterocycles. The van der Waals surface area contributed by atoms with Gasteiger partial charge in [-0.15, -0.1) is 0 Å². The first-order valence-corrected chi connectivity index (χ1v) is 3.72. The van der Waals surface area contributed by atoms with E-state index in [9.17, 15) is 9.18 Å². The van der Waals surface area contributed by atoms with Gasteiger partial charge in [0.1, 0.15) is 12.2 Å². The van der Waals surface area contributed by atoms with Gasteiger partial charge in [0.15, 0.2) is 0 Å². The first-order valence-electron chi connectivity index (χ1n) is 3.72. The van der Waals surface area contributed by atoms with Crippen molar-refractivity contribution in [2.24, 2.45) is 0 Å². The molecule has 0 spiro atoms. The van der Waals surface area contributed by atoms with Crippen molar-refractivity contribution in [3.63, 3.8) is 0 Å². The fourth-order valence-corrected chi connectivity index (χ4v) is 1.25. The number of likely N-dealkylation sites (tertiary alicyclic amines) is 1. The number of rotatable bonds is 2. The molecule has 0 aromatic rings. The van der Waals surface area contributed by atoms with Gasteiger partial charge in [-0.05, 0) is 13.3 Å². The van der Waals surface area contributed by atoms with Crippen LogP contribution in [0.25, 0.3) is 0 Å². The lowest BCUT2D eigenvalue weighted by Gasteiger charge is -2.18. The Bertz CT molecular complexity index is 163. The zero-order chi connectivity index (χ0) is 8.43. The number of carboxylic acid groups (broad SMARTS) is 1. The van der Waals surface area contributed by atoms with Crippen molar-refractivity contribution in [2.45, 2.75) is 25.6 Å². The summed E-state index contributed by atoms with van der Waals surface area (Å²) in [6.45, 7) is 2.42. The van der Waals surface area contributed by atoms with Gasteiger partial charge in [-0.25, -0.2) is 4.39 Å². The molecule has 1 aliphatic heterocycles. The first-order chi connectivity index (χ1) is 5.11. The van der Waals surface area contributed by atoms with E-state index in [1.807, 2.05) is 0 Å². The van der Waals surface area contributed by atoms with Crippen LogP contribution < -0.4 is 0 Å². The third-order valence-corrected chi connectivity index (χ3v) is 2.07. The summed E-state index contributed by atoms with van der Waals surface area (Å²) < 4.78 is 12.6. The van der Waals surface area contributed by atoms with Crippen LogP contribution >= 0.6 is 0 Å². The molecule has 0 aliphatic carbocycles. The SMILES string of the molecule is CC(C(=O)O)N1CCC(F)C1. The molecule has 0 radical (unpaired) electrons. The van der Waals surface area contributed by atoms with E-state index in [-0.39, 0.29) is 6.54 Å². The minimum Gasteiger partial charge on any atom is -0.480 e. The Morgan fingerprint density at radius 1 is 1.82 bits per heavy atom. The summed E-state index contributed by atoms with van der Waals surface area (Å²) in [6.07, 6.45) is -0.366. The van der Waals surface area contributed by atoms with Crippen molar-refractivity contribution in [3.8, 4) is 0 Å². The van der Waals surface area contributed by atoms with Crippen LogP contribution in [0, 0.1) is 0 Å². The average Bonchev–Trinajstić information content (AvgIpc) is 2.34. The second-order valence-electron chi connectivity index (χ2n) is 2.90. The fraction of sp³-hybridized carbons (Fsp3) is 0.857. The highest BCUT2D eigenvalue weighted by Gasteiger charge is 2.28. The van der Waals surface area contributed by atoms with Crippen molar-refractivity contribution < 1.29 is 14.3 Å².